The third-order valence-electron chi connectivity index (χ3n) is 1.60. The Bertz CT molecular complexity index is 345. The molecule has 0 atom stereocenters. The highest BCUT2D eigenvalue weighted by Crippen LogP contribution is 1.90. The highest BCUT2D eigenvalue weighted by molar-refractivity contribution is 14.1. The Balaban J connectivity index is 2.12. The van der Waals surface area contributed by atoms with Gasteiger partial charge in [0.15, 0.2) is 23.0 Å². The number of rotatable bonds is 6. The summed E-state index contributed by atoms with van der Waals surface area (Å²) in [6.07, 6.45) is 5.87. The summed E-state index contributed by atoms with van der Waals surface area (Å²) in [4.78, 5) is 18.8. The standard InChI is InChI=1S/C9H11IN4O2/c10-16-9(15)3-7-14-13-6-2-8-11-4-1-5-12-8/h1,4-6,14H,2-3,7H2/b13-6+. The highest BCUT2D eigenvalue weighted by atomic mass is 127. The third-order valence-corrected chi connectivity index (χ3v) is 2.09. The number of nitrogens with one attached hydrogen (secondary N) is 1. The number of hydrazone groups is 1. The first-order valence-electron chi connectivity index (χ1n) is 4.64. The monoisotopic (exact) mass is 334 g/mol. The molecule has 0 aliphatic rings. The maximum absolute atomic E-state index is 10.7. The second-order valence-electron chi connectivity index (χ2n) is 2.79. The molecule has 1 aromatic rings. The Labute approximate surface area is 107 Å². The molecule has 1 rings (SSSR count). The number of aromatic nitrogens is 2. The van der Waals surface area contributed by atoms with Crippen molar-refractivity contribution in [3.8, 4) is 0 Å². The smallest absolute Gasteiger partial charge is 0.317 e. The second-order valence-corrected chi connectivity index (χ2v) is 3.23. The Morgan fingerprint density at radius 1 is 1.56 bits per heavy atom. The van der Waals surface area contributed by atoms with Crippen molar-refractivity contribution in [2.45, 2.75) is 12.8 Å². The minimum absolute atomic E-state index is 0.269. The molecule has 0 aliphatic carbocycles. The van der Waals surface area contributed by atoms with Crippen molar-refractivity contribution in [3.63, 3.8) is 0 Å². The predicted molar refractivity (Wildman–Crippen MR) is 67.0 cm³/mol. The lowest BCUT2D eigenvalue weighted by molar-refractivity contribution is -0.131. The Morgan fingerprint density at radius 3 is 3.00 bits per heavy atom. The summed E-state index contributed by atoms with van der Waals surface area (Å²) in [5, 5.41) is 3.91. The third kappa shape index (κ3) is 5.59. The van der Waals surface area contributed by atoms with Gasteiger partial charge in [0, 0.05) is 31.6 Å². The molecule has 0 saturated heterocycles. The lowest BCUT2D eigenvalue weighted by atomic mass is 10.4. The van der Waals surface area contributed by atoms with E-state index in [4.69, 9.17) is 0 Å². The molecule has 0 spiro atoms. The van der Waals surface area contributed by atoms with Crippen LogP contribution >= 0.6 is 23.0 Å². The zero-order valence-corrected chi connectivity index (χ0v) is 10.6. The topological polar surface area (TPSA) is 76.5 Å². The average Bonchev–Trinajstić information content (AvgIpc) is 2.34. The molecule has 16 heavy (non-hydrogen) atoms. The fourth-order valence-electron chi connectivity index (χ4n) is 0.888. The molecule has 86 valence electrons. The summed E-state index contributed by atoms with van der Waals surface area (Å²) in [5.41, 5.74) is 2.73. The Hall–Kier alpha value is -1.25. The van der Waals surface area contributed by atoms with E-state index < -0.39 is 0 Å². The van der Waals surface area contributed by atoms with Gasteiger partial charge in [0.25, 0.3) is 0 Å². The van der Waals surface area contributed by atoms with E-state index in [1.54, 1.807) is 47.7 Å². The summed E-state index contributed by atoms with van der Waals surface area (Å²) < 4.78 is 4.45. The van der Waals surface area contributed by atoms with E-state index in [1.165, 1.54) is 0 Å². The van der Waals surface area contributed by atoms with Crippen LogP contribution in [0.4, 0.5) is 0 Å². The van der Waals surface area contributed by atoms with Crippen molar-refractivity contribution in [1.82, 2.24) is 15.4 Å². The average molecular weight is 334 g/mol. The van der Waals surface area contributed by atoms with Crippen molar-refractivity contribution in [3.05, 3.63) is 24.3 Å². The van der Waals surface area contributed by atoms with Crippen molar-refractivity contribution < 1.29 is 7.86 Å². The Kier molecular flexibility index (Phi) is 6.38. The van der Waals surface area contributed by atoms with Crippen LogP contribution in [0.5, 0.6) is 0 Å². The molecule has 0 amide bonds. The summed E-state index contributed by atoms with van der Waals surface area (Å²) >= 11 is 1.56. The van der Waals surface area contributed by atoms with Gasteiger partial charge >= 0.3 is 5.97 Å². The van der Waals surface area contributed by atoms with Crippen LogP contribution in [0.3, 0.4) is 0 Å². The van der Waals surface area contributed by atoms with Gasteiger partial charge in [-0.25, -0.2) is 9.97 Å². The van der Waals surface area contributed by atoms with Gasteiger partial charge in [-0.1, -0.05) is 0 Å². The predicted octanol–water partition coefficient (Wildman–Crippen LogP) is 0.878. The van der Waals surface area contributed by atoms with Crippen molar-refractivity contribution >= 4 is 35.2 Å². The van der Waals surface area contributed by atoms with Gasteiger partial charge in [-0.2, -0.15) is 5.10 Å². The molecule has 6 nitrogen and oxygen atoms in total. The van der Waals surface area contributed by atoms with Gasteiger partial charge in [0.2, 0.25) is 0 Å². The lowest BCUT2D eigenvalue weighted by Crippen LogP contribution is -2.12. The van der Waals surface area contributed by atoms with E-state index in [-0.39, 0.29) is 5.97 Å². The van der Waals surface area contributed by atoms with Crippen LogP contribution in [0.15, 0.2) is 23.6 Å². The van der Waals surface area contributed by atoms with E-state index >= 15 is 0 Å². The van der Waals surface area contributed by atoms with Gasteiger partial charge in [-0.3, -0.25) is 4.79 Å². The first-order chi connectivity index (χ1) is 7.83. The minimum atomic E-state index is -0.269. The molecule has 1 heterocycles. The van der Waals surface area contributed by atoms with Gasteiger partial charge in [0.1, 0.15) is 5.82 Å². The molecule has 0 fully saturated rings. The largest absolute Gasteiger partial charge is 0.394 e. The Morgan fingerprint density at radius 2 is 2.31 bits per heavy atom. The maximum atomic E-state index is 10.7. The number of carbonyl (C=O) groups is 1. The van der Waals surface area contributed by atoms with E-state index in [0.717, 1.165) is 0 Å². The molecule has 1 aromatic heterocycles. The molecular formula is C9H11IN4O2. The normalized spacial score (nSPS) is 10.3. The summed E-state index contributed by atoms with van der Waals surface area (Å²) in [7, 11) is 0. The SMILES string of the molecule is O=C(CCN/N=C/Cc1ncccn1)OI. The number of hydrogen-bond donors (Lipinski definition) is 1. The summed E-state index contributed by atoms with van der Waals surface area (Å²) in [5.74, 6) is 0.439. The molecule has 0 saturated carbocycles. The van der Waals surface area contributed by atoms with Crippen LogP contribution in [-0.4, -0.2) is 28.7 Å². The summed E-state index contributed by atoms with van der Waals surface area (Å²) in [6.45, 7) is 0.452. The number of halogens is 1. The van der Waals surface area contributed by atoms with Crippen LogP contribution in [0, 0.1) is 0 Å². The number of nitrogens with zero attached hydrogens (tertiary/aromatic N) is 3. The molecule has 0 bridgehead atoms. The van der Waals surface area contributed by atoms with E-state index in [2.05, 4.69) is 23.6 Å². The molecular weight excluding hydrogens is 323 g/mol. The molecule has 0 radical (unpaired) electrons. The van der Waals surface area contributed by atoms with Crippen molar-refractivity contribution in [2.24, 2.45) is 5.10 Å². The molecule has 1 N–H and O–H groups in total. The quantitative estimate of drug-likeness (QED) is 0.362. The highest BCUT2D eigenvalue weighted by Gasteiger charge is 1.98. The molecule has 0 aliphatic heterocycles. The molecule has 0 aromatic carbocycles. The fourth-order valence-corrected chi connectivity index (χ4v) is 1.11. The fraction of sp³-hybridized carbons (Fsp3) is 0.333. The van der Waals surface area contributed by atoms with Gasteiger partial charge in [-0.15, -0.1) is 0 Å². The van der Waals surface area contributed by atoms with Crippen molar-refractivity contribution in [1.29, 1.82) is 0 Å². The van der Waals surface area contributed by atoms with Crippen molar-refractivity contribution in [2.75, 3.05) is 6.54 Å². The first kappa shape index (κ1) is 12.8. The van der Waals surface area contributed by atoms with Crippen LogP contribution < -0.4 is 5.43 Å². The van der Waals surface area contributed by atoms with Gasteiger partial charge in [0.05, 0.1) is 6.42 Å². The van der Waals surface area contributed by atoms with E-state index in [1.807, 2.05) is 0 Å². The molecule has 7 heteroatoms. The second kappa shape index (κ2) is 7.97. The zero-order valence-electron chi connectivity index (χ0n) is 8.47. The van der Waals surface area contributed by atoms with Crippen LogP contribution in [-0.2, 0) is 14.3 Å². The number of hydrogen-bond acceptors (Lipinski definition) is 6. The van der Waals surface area contributed by atoms with Crippen LogP contribution in [0.1, 0.15) is 12.2 Å². The summed E-state index contributed by atoms with van der Waals surface area (Å²) in [6, 6.07) is 1.76. The van der Waals surface area contributed by atoms with E-state index in [0.29, 0.717) is 25.2 Å². The lowest BCUT2D eigenvalue weighted by Gasteiger charge is -1.97. The number of carbonyl (C=O) groups excluding carboxylic acids is 1. The van der Waals surface area contributed by atoms with Crippen LogP contribution in [0.25, 0.3) is 0 Å². The maximum Gasteiger partial charge on any atom is 0.317 e. The van der Waals surface area contributed by atoms with Crippen LogP contribution in [0.2, 0.25) is 0 Å². The van der Waals surface area contributed by atoms with E-state index in [9.17, 15) is 4.79 Å². The molecule has 0 unspecified atom stereocenters. The zero-order chi connectivity index (χ0) is 11.6. The van der Waals surface area contributed by atoms with Gasteiger partial charge in [-0.05, 0) is 6.07 Å². The first-order valence-corrected chi connectivity index (χ1v) is 5.52. The minimum Gasteiger partial charge on any atom is -0.394 e. The van der Waals surface area contributed by atoms with Gasteiger partial charge < -0.3 is 8.49 Å².